The van der Waals surface area contributed by atoms with Crippen LogP contribution in [0.2, 0.25) is 0 Å². The van der Waals surface area contributed by atoms with Gasteiger partial charge in [0, 0.05) is 30.3 Å². The number of rotatable bonds is 5. The number of nitrogens with two attached hydrogens (primary N) is 1. The number of aryl methyl sites for hydroxylation is 1. The van der Waals surface area contributed by atoms with Gasteiger partial charge < -0.3 is 16.4 Å². The summed E-state index contributed by atoms with van der Waals surface area (Å²) < 4.78 is 0. The summed E-state index contributed by atoms with van der Waals surface area (Å²) in [4.78, 5) is 23.1. The second kappa shape index (κ2) is 8.55. The zero-order valence-electron chi connectivity index (χ0n) is 12.0. The van der Waals surface area contributed by atoms with Gasteiger partial charge in [-0.2, -0.15) is 0 Å². The summed E-state index contributed by atoms with van der Waals surface area (Å²) in [5.41, 5.74) is 7.77. The van der Waals surface area contributed by atoms with Crippen LogP contribution in [0.1, 0.15) is 25.8 Å². The molecule has 0 aromatic heterocycles. The maximum atomic E-state index is 11.8. The second-order valence-corrected chi connectivity index (χ2v) is 4.56. The molecule has 0 heterocycles. The van der Waals surface area contributed by atoms with E-state index in [4.69, 9.17) is 5.73 Å². The summed E-state index contributed by atoms with van der Waals surface area (Å²) in [5.74, 6) is -0.422. The SMILES string of the molecule is CCC(=O)Nc1ccc(C)c(NC(=O)C(C)CN)c1.Cl. The summed E-state index contributed by atoms with van der Waals surface area (Å²) in [6.45, 7) is 5.76. The minimum absolute atomic E-state index is 0. The maximum Gasteiger partial charge on any atom is 0.228 e. The lowest BCUT2D eigenvalue weighted by atomic mass is 10.1. The lowest BCUT2D eigenvalue weighted by molar-refractivity contribution is -0.119. The Kier molecular flexibility index (Phi) is 7.87. The van der Waals surface area contributed by atoms with Crippen molar-refractivity contribution in [1.29, 1.82) is 0 Å². The van der Waals surface area contributed by atoms with Crippen molar-refractivity contribution in [3.05, 3.63) is 23.8 Å². The Balaban J connectivity index is 0.00000361. The van der Waals surface area contributed by atoms with Crippen LogP contribution in [0.3, 0.4) is 0 Å². The van der Waals surface area contributed by atoms with Gasteiger partial charge in [-0.3, -0.25) is 9.59 Å². The Labute approximate surface area is 125 Å². The minimum atomic E-state index is -0.242. The highest BCUT2D eigenvalue weighted by molar-refractivity contribution is 5.95. The van der Waals surface area contributed by atoms with Gasteiger partial charge in [-0.1, -0.05) is 19.9 Å². The van der Waals surface area contributed by atoms with E-state index in [1.165, 1.54) is 0 Å². The number of hydrogen-bond acceptors (Lipinski definition) is 3. The number of nitrogens with one attached hydrogen (secondary N) is 2. The van der Waals surface area contributed by atoms with Gasteiger partial charge in [0.1, 0.15) is 0 Å². The molecule has 1 atom stereocenters. The van der Waals surface area contributed by atoms with Crippen LogP contribution in [0.25, 0.3) is 0 Å². The van der Waals surface area contributed by atoms with Crippen molar-refractivity contribution in [1.82, 2.24) is 0 Å². The monoisotopic (exact) mass is 299 g/mol. The quantitative estimate of drug-likeness (QED) is 0.780. The Morgan fingerprint density at radius 3 is 2.50 bits per heavy atom. The standard InChI is InChI=1S/C14H21N3O2.ClH/c1-4-13(18)16-11-6-5-9(2)12(7-11)17-14(19)10(3)8-15;/h5-7,10H,4,8,15H2,1-3H3,(H,16,18)(H,17,19);1H. The molecule has 0 saturated heterocycles. The van der Waals surface area contributed by atoms with Gasteiger partial charge in [-0.15, -0.1) is 12.4 Å². The highest BCUT2D eigenvalue weighted by atomic mass is 35.5. The van der Waals surface area contributed by atoms with Crippen LogP contribution in [0.4, 0.5) is 11.4 Å². The van der Waals surface area contributed by atoms with Gasteiger partial charge in [0.2, 0.25) is 11.8 Å². The fourth-order valence-corrected chi connectivity index (χ4v) is 1.45. The van der Waals surface area contributed by atoms with Crippen LogP contribution >= 0.6 is 12.4 Å². The van der Waals surface area contributed by atoms with Gasteiger partial charge in [-0.05, 0) is 24.6 Å². The van der Waals surface area contributed by atoms with Gasteiger partial charge in [0.25, 0.3) is 0 Å². The topological polar surface area (TPSA) is 84.2 Å². The fraction of sp³-hybridized carbons (Fsp3) is 0.429. The predicted molar refractivity (Wildman–Crippen MR) is 84.2 cm³/mol. The van der Waals surface area contributed by atoms with Crippen LogP contribution in [0.5, 0.6) is 0 Å². The van der Waals surface area contributed by atoms with Crippen molar-refractivity contribution in [2.75, 3.05) is 17.2 Å². The van der Waals surface area contributed by atoms with Gasteiger partial charge in [-0.25, -0.2) is 0 Å². The molecule has 1 unspecified atom stereocenters. The number of hydrogen-bond donors (Lipinski definition) is 3. The highest BCUT2D eigenvalue weighted by Crippen LogP contribution is 2.21. The fourth-order valence-electron chi connectivity index (χ4n) is 1.45. The van der Waals surface area contributed by atoms with E-state index >= 15 is 0 Å². The molecule has 20 heavy (non-hydrogen) atoms. The van der Waals surface area contributed by atoms with E-state index in [2.05, 4.69) is 10.6 Å². The van der Waals surface area contributed by atoms with E-state index < -0.39 is 0 Å². The number of halogens is 1. The zero-order chi connectivity index (χ0) is 14.4. The van der Waals surface area contributed by atoms with E-state index in [1.807, 2.05) is 19.1 Å². The van der Waals surface area contributed by atoms with E-state index in [0.717, 1.165) is 5.56 Å². The van der Waals surface area contributed by atoms with Crippen LogP contribution < -0.4 is 16.4 Å². The largest absolute Gasteiger partial charge is 0.330 e. The van der Waals surface area contributed by atoms with Gasteiger partial charge in [0.05, 0.1) is 0 Å². The molecule has 0 aliphatic heterocycles. The van der Waals surface area contributed by atoms with E-state index in [9.17, 15) is 9.59 Å². The van der Waals surface area contributed by atoms with Crippen molar-refractivity contribution in [3.8, 4) is 0 Å². The first kappa shape index (κ1) is 18.4. The summed E-state index contributed by atoms with van der Waals surface area (Å²) in [7, 11) is 0. The van der Waals surface area contributed by atoms with Crippen molar-refractivity contribution in [2.45, 2.75) is 27.2 Å². The number of anilines is 2. The molecule has 0 radical (unpaired) electrons. The molecule has 0 aliphatic rings. The number of benzene rings is 1. The van der Waals surface area contributed by atoms with Crippen LogP contribution in [-0.4, -0.2) is 18.4 Å². The van der Waals surface area contributed by atoms with Crippen molar-refractivity contribution in [3.63, 3.8) is 0 Å². The number of carbonyl (C=O) groups excluding carboxylic acids is 2. The highest BCUT2D eigenvalue weighted by Gasteiger charge is 2.12. The minimum Gasteiger partial charge on any atom is -0.330 e. The van der Waals surface area contributed by atoms with Crippen molar-refractivity contribution >= 4 is 35.6 Å². The molecule has 5 nitrogen and oxygen atoms in total. The molecular weight excluding hydrogens is 278 g/mol. The van der Waals surface area contributed by atoms with Crippen molar-refractivity contribution in [2.24, 2.45) is 11.7 Å². The number of amides is 2. The zero-order valence-corrected chi connectivity index (χ0v) is 12.8. The first-order valence-electron chi connectivity index (χ1n) is 6.39. The summed E-state index contributed by atoms with van der Waals surface area (Å²) in [6, 6.07) is 5.42. The van der Waals surface area contributed by atoms with E-state index in [1.54, 1.807) is 19.9 Å². The lowest BCUT2D eigenvalue weighted by Gasteiger charge is -2.13. The summed E-state index contributed by atoms with van der Waals surface area (Å²) >= 11 is 0. The molecule has 6 heteroatoms. The molecule has 2 amide bonds. The van der Waals surface area contributed by atoms with Gasteiger partial charge in [0.15, 0.2) is 0 Å². The first-order chi connectivity index (χ1) is 8.97. The van der Waals surface area contributed by atoms with E-state index in [0.29, 0.717) is 24.3 Å². The average molecular weight is 300 g/mol. The molecule has 0 bridgehead atoms. The smallest absolute Gasteiger partial charge is 0.228 e. The maximum absolute atomic E-state index is 11.8. The Hall–Kier alpha value is -1.59. The molecule has 1 rings (SSSR count). The van der Waals surface area contributed by atoms with Gasteiger partial charge >= 0.3 is 0 Å². The van der Waals surface area contributed by atoms with Crippen LogP contribution in [-0.2, 0) is 9.59 Å². The average Bonchev–Trinajstić information content (AvgIpc) is 2.41. The van der Waals surface area contributed by atoms with Crippen molar-refractivity contribution < 1.29 is 9.59 Å². The third kappa shape index (κ3) is 5.19. The summed E-state index contributed by atoms with van der Waals surface area (Å²) in [6.07, 6.45) is 0.416. The molecule has 4 N–H and O–H groups in total. The molecule has 1 aromatic rings. The normalized spacial score (nSPS) is 11.2. The number of carbonyl (C=O) groups is 2. The first-order valence-corrected chi connectivity index (χ1v) is 6.39. The Bertz CT molecular complexity index is 477. The van der Waals surface area contributed by atoms with Crippen LogP contribution in [0, 0.1) is 12.8 Å². The Morgan fingerprint density at radius 2 is 1.95 bits per heavy atom. The molecule has 1 aromatic carbocycles. The molecule has 0 fully saturated rings. The third-order valence-corrected chi connectivity index (χ3v) is 2.90. The Morgan fingerprint density at radius 1 is 1.30 bits per heavy atom. The lowest BCUT2D eigenvalue weighted by Crippen LogP contribution is -2.27. The summed E-state index contributed by atoms with van der Waals surface area (Å²) in [5, 5.41) is 5.58. The third-order valence-electron chi connectivity index (χ3n) is 2.90. The molecule has 0 spiro atoms. The van der Waals surface area contributed by atoms with Crippen LogP contribution in [0.15, 0.2) is 18.2 Å². The molecule has 112 valence electrons. The second-order valence-electron chi connectivity index (χ2n) is 4.56. The molecule has 0 saturated carbocycles. The molecule has 0 aliphatic carbocycles. The van der Waals surface area contributed by atoms with E-state index in [-0.39, 0.29) is 30.1 Å². The molecular formula is C14H22ClN3O2. The predicted octanol–water partition coefficient (Wildman–Crippen LogP) is 2.30.